The first kappa shape index (κ1) is 10.6. The molecule has 1 aromatic heterocycles. The van der Waals surface area contributed by atoms with Crippen molar-refractivity contribution in [2.75, 3.05) is 5.43 Å². The van der Waals surface area contributed by atoms with Crippen LogP contribution in [0.3, 0.4) is 0 Å². The molecule has 1 aliphatic rings. The van der Waals surface area contributed by atoms with Crippen molar-refractivity contribution < 1.29 is 5.11 Å². The maximum absolute atomic E-state index is 9.43. The van der Waals surface area contributed by atoms with E-state index in [9.17, 15) is 5.11 Å². The zero-order chi connectivity index (χ0) is 10.8. The van der Waals surface area contributed by atoms with Crippen LogP contribution in [0.25, 0.3) is 0 Å². The minimum atomic E-state index is -0.0742. The molecule has 1 aliphatic carbocycles. The van der Waals surface area contributed by atoms with Crippen molar-refractivity contribution in [3.63, 3.8) is 0 Å². The van der Waals surface area contributed by atoms with E-state index in [0.717, 1.165) is 25.7 Å². The van der Waals surface area contributed by atoms with Crippen LogP contribution < -0.4 is 5.43 Å². The Balaban J connectivity index is 1.97. The maximum Gasteiger partial charge on any atom is 0.0541 e. The van der Waals surface area contributed by atoms with Crippen LogP contribution in [-0.4, -0.2) is 21.9 Å². The zero-order valence-corrected chi connectivity index (χ0v) is 9.53. The highest BCUT2D eigenvalue weighted by Crippen LogP contribution is 2.19. The molecule has 84 valence electrons. The predicted octanol–water partition coefficient (Wildman–Crippen LogP) is 1.95. The summed E-state index contributed by atoms with van der Waals surface area (Å²) in [7, 11) is 0. The lowest BCUT2D eigenvalue weighted by Crippen LogP contribution is -2.34. The molecule has 3 nitrogen and oxygen atoms in total. The third-order valence-electron chi connectivity index (χ3n) is 3.28. The van der Waals surface area contributed by atoms with Gasteiger partial charge in [0.2, 0.25) is 0 Å². The number of aliphatic hydroxyl groups excluding tert-OH is 1. The van der Waals surface area contributed by atoms with Crippen LogP contribution in [0.1, 0.15) is 37.1 Å². The molecule has 1 saturated carbocycles. The summed E-state index contributed by atoms with van der Waals surface area (Å²) < 4.78 is 2.16. The number of aliphatic hydroxyl groups is 1. The van der Waals surface area contributed by atoms with E-state index in [1.165, 1.54) is 11.4 Å². The van der Waals surface area contributed by atoms with Gasteiger partial charge in [-0.25, -0.2) is 0 Å². The summed E-state index contributed by atoms with van der Waals surface area (Å²) in [6.45, 7) is 4.22. The molecule has 0 radical (unpaired) electrons. The Hall–Kier alpha value is -0.960. The first-order chi connectivity index (χ1) is 7.16. The molecular weight excluding hydrogens is 188 g/mol. The molecule has 15 heavy (non-hydrogen) atoms. The average Bonchev–Trinajstić information content (AvgIpc) is 2.53. The van der Waals surface area contributed by atoms with Crippen molar-refractivity contribution in [2.24, 2.45) is 0 Å². The van der Waals surface area contributed by atoms with Crippen molar-refractivity contribution in [1.82, 2.24) is 4.68 Å². The second-order valence-corrected chi connectivity index (χ2v) is 4.59. The van der Waals surface area contributed by atoms with Crippen LogP contribution in [0.2, 0.25) is 0 Å². The number of rotatable bonds is 2. The summed E-state index contributed by atoms with van der Waals surface area (Å²) in [5.41, 5.74) is 6.02. The summed E-state index contributed by atoms with van der Waals surface area (Å²) in [5.74, 6) is 0. The monoisotopic (exact) mass is 208 g/mol. The molecule has 1 aromatic rings. The van der Waals surface area contributed by atoms with Gasteiger partial charge < -0.3 is 10.5 Å². The summed E-state index contributed by atoms with van der Waals surface area (Å²) in [4.78, 5) is 0. The van der Waals surface area contributed by atoms with Crippen LogP contribution >= 0.6 is 0 Å². The molecule has 0 unspecified atom stereocenters. The highest BCUT2D eigenvalue weighted by atomic mass is 16.3. The summed E-state index contributed by atoms with van der Waals surface area (Å²) >= 11 is 0. The van der Waals surface area contributed by atoms with E-state index >= 15 is 0 Å². The fourth-order valence-corrected chi connectivity index (χ4v) is 2.26. The Bertz CT molecular complexity index is 305. The number of hydrogen-bond donors (Lipinski definition) is 2. The Kier molecular flexibility index (Phi) is 3.00. The van der Waals surface area contributed by atoms with E-state index in [1.54, 1.807) is 0 Å². The molecule has 2 N–H and O–H groups in total. The molecule has 1 fully saturated rings. The fraction of sp³-hybridized carbons (Fsp3) is 0.667. The molecule has 0 aliphatic heterocycles. The Morgan fingerprint density at radius 2 is 1.67 bits per heavy atom. The summed E-state index contributed by atoms with van der Waals surface area (Å²) in [6, 6.07) is 4.76. The van der Waals surface area contributed by atoms with Gasteiger partial charge >= 0.3 is 0 Å². The molecule has 2 rings (SSSR count). The quantitative estimate of drug-likeness (QED) is 0.779. The summed E-state index contributed by atoms with van der Waals surface area (Å²) in [6.07, 6.45) is 3.92. The van der Waals surface area contributed by atoms with Crippen molar-refractivity contribution in [3.8, 4) is 0 Å². The minimum Gasteiger partial charge on any atom is -0.393 e. The second kappa shape index (κ2) is 4.27. The van der Waals surface area contributed by atoms with E-state index in [2.05, 4.69) is 36.1 Å². The van der Waals surface area contributed by atoms with Crippen LogP contribution in [0, 0.1) is 13.8 Å². The van der Waals surface area contributed by atoms with Gasteiger partial charge in [-0.15, -0.1) is 0 Å². The van der Waals surface area contributed by atoms with Gasteiger partial charge in [-0.3, -0.25) is 4.68 Å². The highest BCUT2D eigenvalue weighted by molar-refractivity contribution is 5.16. The smallest absolute Gasteiger partial charge is 0.0541 e. The third kappa shape index (κ3) is 2.34. The number of nitrogens with one attached hydrogen (secondary N) is 1. The number of hydrogen-bond acceptors (Lipinski definition) is 2. The highest BCUT2D eigenvalue weighted by Gasteiger charge is 2.19. The number of aromatic nitrogens is 1. The van der Waals surface area contributed by atoms with Crippen LogP contribution in [0.15, 0.2) is 12.1 Å². The lowest BCUT2D eigenvalue weighted by atomic mass is 9.94. The van der Waals surface area contributed by atoms with Gasteiger partial charge in [0, 0.05) is 17.4 Å². The standard InChI is InChI=1S/C12H20N2O/c1-9-3-4-10(2)14(9)13-11-5-7-12(15)8-6-11/h3-4,11-13,15H,5-8H2,1-2H3. The summed E-state index contributed by atoms with van der Waals surface area (Å²) in [5, 5.41) is 9.43. The molecule has 0 amide bonds. The average molecular weight is 208 g/mol. The molecule has 0 bridgehead atoms. The maximum atomic E-state index is 9.43. The van der Waals surface area contributed by atoms with Gasteiger partial charge in [-0.05, 0) is 51.7 Å². The molecule has 3 heteroatoms. The lowest BCUT2D eigenvalue weighted by Gasteiger charge is -2.28. The fourth-order valence-electron chi connectivity index (χ4n) is 2.26. The molecule has 0 atom stereocenters. The van der Waals surface area contributed by atoms with E-state index in [-0.39, 0.29) is 6.10 Å². The predicted molar refractivity (Wildman–Crippen MR) is 61.5 cm³/mol. The van der Waals surface area contributed by atoms with Gasteiger partial charge in [-0.2, -0.15) is 0 Å². The number of nitrogens with zero attached hydrogens (tertiary/aromatic N) is 1. The first-order valence-electron chi connectivity index (χ1n) is 5.76. The van der Waals surface area contributed by atoms with Gasteiger partial charge in [0.25, 0.3) is 0 Å². The lowest BCUT2D eigenvalue weighted by molar-refractivity contribution is 0.124. The normalized spacial score (nSPS) is 26.6. The van der Waals surface area contributed by atoms with E-state index < -0.39 is 0 Å². The molecular formula is C12H20N2O. The second-order valence-electron chi connectivity index (χ2n) is 4.59. The topological polar surface area (TPSA) is 37.2 Å². The Morgan fingerprint density at radius 1 is 1.13 bits per heavy atom. The van der Waals surface area contributed by atoms with Gasteiger partial charge in [0.1, 0.15) is 0 Å². The van der Waals surface area contributed by atoms with Crippen molar-refractivity contribution in [1.29, 1.82) is 0 Å². The Labute approximate surface area is 91.1 Å². The third-order valence-corrected chi connectivity index (χ3v) is 3.28. The largest absolute Gasteiger partial charge is 0.393 e. The molecule has 0 saturated heterocycles. The molecule has 1 heterocycles. The van der Waals surface area contributed by atoms with Crippen LogP contribution in [-0.2, 0) is 0 Å². The van der Waals surface area contributed by atoms with Gasteiger partial charge in [0.15, 0.2) is 0 Å². The van der Waals surface area contributed by atoms with E-state index in [1.807, 2.05) is 0 Å². The van der Waals surface area contributed by atoms with Crippen molar-refractivity contribution >= 4 is 0 Å². The SMILES string of the molecule is Cc1ccc(C)n1NC1CCC(O)CC1. The zero-order valence-electron chi connectivity index (χ0n) is 9.53. The minimum absolute atomic E-state index is 0.0742. The van der Waals surface area contributed by atoms with Crippen molar-refractivity contribution in [3.05, 3.63) is 23.5 Å². The van der Waals surface area contributed by atoms with E-state index in [4.69, 9.17) is 0 Å². The van der Waals surface area contributed by atoms with Crippen LogP contribution in [0.4, 0.5) is 0 Å². The first-order valence-corrected chi connectivity index (χ1v) is 5.76. The molecule has 0 spiro atoms. The number of aryl methyl sites for hydroxylation is 2. The molecule has 0 aromatic carbocycles. The Morgan fingerprint density at radius 3 is 2.20 bits per heavy atom. The van der Waals surface area contributed by atoms with Crippen molar-refractivity contribution in [2.45, 2.75) is 51.7 Å². The van der Waals surface area contributed by atoms with E-state index in [0.29, 0.717) is 6.04 Å². The van der Waals surface area contributed by atoms with Gasteiger partial charge in [-0.1, -0.05) is 0 Å². The van der Waals surface area contributed by atoms with Gasteiger partial charge in [0.05, 0.1) is 6.10 Å². The van der Waals surface area contributed by atoms with Crippen LogP contribution in [0.5, 0.6) is 0 Å².